The third-order valence-corrected chi connectivity index (χ3v) is 4.06. The smallest absolute Gasteiger partial charge is 0.333 e. The van der Waals surface area contributed by atoms with E-state index in [0.29, 0.717) is 29.1 Å². The number of hydrogen-bond acceptors (Lipinski definition) is 4. The zero-order valence-corrected chi connectivity index (χ0v) is 15.1. The summed E-state index contributed by atoms with van der Waals surface area (Å²) in [6, 6.07) is 0. The second kappa shape index (κ2) is 9.45. The zero-order chi connectivity index (χ0) is 17.4. The standard InChI is InChI=1S/C17H26N2O3S/c1-5-18-12-14(4)15(20)19(17(18)23)10-8-6-7-9-11-22-16(21)13(2)3/h12H,2,5-11H2,1,3-4H3. The molecule has 0 spiro atoms. The molecule has 0 aliphatic carbocycles. The molecule has 6 heteroatoms. The van der Waals surface area contributed by atoms with Crippen LogP contribution in [0.2, 0.25) is 0 Å². The molecule has 23 heavy (non-hydrogen) atoms. The second-order valence-electron chi connectivity index (χ2n) is 5.67. The van der Waals surface area contributed by atoms with E-state index in [9.17, 15) is 9.59 Å². The Morgan fingerprint density at radius 1 is 1.30 bits per heavy atom. The van der Waals surface area contributed by atoms with Crippen LogP contribution >= 0.6 is 12.2 Å². The van der Waals surface area contributed by atoms with Crippen molar-refractivity contribution in [3.8, 4) is 0 Å². The molecule has 0 bridgehead atoms. The zero-order valence-electron chi connectivity index (χ0n) is 14.3. The molecule has 0 aliphatic heterocycles. The van der Waals surface area contributed by atoms with E-state index in [4.69, 9.17) is 17.0 Å². The lowest BCUT2D eigenvalue weighted by Crippen LogP contribution is -2.26. The van der Waals surface area contributed by atoms with Crippen LogP contribution in [-0.2, 0) is 22.6 Å². The van der Waals surface area contributed by atoms with Crippen molar-refractivity contribution in [2.75, 3.05) is 6.61 Å². The molecule has 1 aromatic rings. The van der Waals surface area contributed by atoms with Gasteiger partial charge in [-0.05, 0) is 52.3 Å². The van der Waals surface area contributed by atoms with Gasteiger partial charge < -0.3 is 9.30 Å². The van der Waals surface area contributed by atoms with Gasteiger partial charge in [-0.1, -0.05) is 13.0 Å². The lowest BCUT2D eigenvalue weighted by molar-refractivity contribution is -0.139. The Balaban J connectivity index is 2.41. The fourth-order valence-electron chi connectivity index (χ4n) is 2.24. The van der Waals surface area contributed by atoms with Gasteiger partial charge >= 0.3 is 5.97 Å². The molecule has 5 nitrogen and oxygen atoms in total. The van der Waals surface area contributed by atoms with Gasteiger partial charge in [-0.2, -0.15) is 0 Å². The third kappa shape index (κ3) is 5.78. The van der Waals surface area contributed by atoms with Gasteiger partial charge in [-0.25, -0.2) is 4.79 Å². The maximum absolute atomic E-state index is 12.2. The number of esters is 1. The van der Waals surface area contributed by atoms with Gasteiger partial charge in [0, 0.05) is 30.4 Å². The highest BCUT2D eigenvalue weighted by molar-refractivity contribution is 7.71. The van der Waals surface area contributed by atoms with Crippen LogP contribution in [0.3, 0.4) is 0 Å². The molecule has 0 atom stereocenters. The molecule has 1 aromatic heterocycles. The number of rotatable bonds is 9. The molecule has 0 fully saturated rings. The highest BCUT2D eigenvalue weighted by Gasteiger charge is 2.05. The van der Waals surface area contributed by atoms with Gasteiger partial charge in [0.15, 0.2) is 4.77 Å². The summed E-state index contributed by atoms with van der Waals surface area (Å²) in [6.45, 7) is 10.8. The molecule has 0 saturated heterocycles. The SMILES string of the molecule is C=C(C)C(=O)OCCCCCCn1c(=O)c(C)cn(CC)c1=S. The Kier molecular flexibility index (Phi) is 7.95. The summed E-state index contributed by atoms with van der Waals surface area (Å²) in [4.78, 5) is 23.4. The molecule has 1 rings (SSSR count). The highest BCUT2D eigenvalue weighted by Crippen LogP contribution is 2.04. The van der Waals surface area contributed by atoms with E-state index in [1.54, 1.807) is 11.5 Å². The first-order valence-corrected chi connectivity index (χ1v) is 8.42. The first-order valence-electron chi connectivity index (χ1n) is 8.02. The first kappa shape index (κ1) is 19.4. The summed E-state index contributed by atoms with van der Waals surface area (Å²) in [6.07, 6.45) is 5.43. The Labute approximate surface area is 142 Å². The summed E-state index contributed by atoms with van der Waals surface area (Å²) in [5, 5.41) is 0. The summed E-state index contributed by atoms with van der Waals surface area (Å²) < 4.78 is 9.22. The predicted molar refractivity (Wildman–Crippen MR) is 94.2 cm³/mol. The number of unbranched alkanes of at least 4 members (excludes halogenated alkanes) is 3. The first-order chi connectivity index (χ1) is 10.9. The van der Waals surface area contributed by atoms with Gasteiger partial charge in [-0.15, -0.1) is 0 Å². The van der Waals surface area contributed by atoms with Gasteiger partial charge in [-0.3, -0.25) is 9.36 Å². The number of hydrogen-bond donors (Lipinski definition) is 0. The average molecular weight is 338 g/mol. The summed E-state index contributed by atoms with van der Waals surface area (Å²) in [5.41, 5.74) is 1.13. The van der Waals surface area contributed by atoms with E-state index < -0.39 is 0 Å². The van der Waals surface area contributed by atoms with Crippen molar-refractivity contribution in [1.82, 2.24) is 9.13 Å². The maximum atomic E-state index is 12.2. The predicted octanol–water partition coefficient (Wildman–Crippen LogP) is 3.39. The van der Waals surface area contributed by atoms with E-state index in [1.165, 1.54) is 0 Å². The number of aryl methyl sites for hydroxylation is 2. The molecule has 0 amide bonds. The molecule has 0 aliphatic rings. The van der Waals surface area contributed by atoms with Crippen LogP contribution in [0.1, 0.15) is 45.1 Å². The van der Waals surface area contributed by atoms with Crippen molar-refractivity contribution < 1.29 is 9.53 Å². The van der Waals surface area contributed by atoms with Crippen molar-refractivity contribution in [2.24, 2.45) is 0 Å². The molecule has 0 saturated carbocycles. The quantitative estimate of drug-likeness (QED) is 0.300. The second-order valence-corrected chi connectivity index (χ2v) is 6.03. The summed E-state index contributed by atoms with van der Waals surface area (Å²) >= 11 is 5.37. The van der Waals surface area contributed by atoms with Crippen LogP contribution in [0, 0.1) is 11.7 Å². The fourth-order valence-corrected chi connectivity index (χ4v) is 2.59. The van der Waals surface area contributed by atoms with Gasteiger partial charge in [0.1, 0.15) is 0 Å². The number of ether oxygens (including phenoxy) is 1. The Morgan fingerprint density at radius 3 is 2.57 bits per heavy atom. The van der Waals surface area contributed by atoms with Crippen molar-refractivity contribution >= 4 is 18.2 Å². The lowest BCUT2D eigenvalue weighted by atomic mass is 10.2. The number of nitrogens with zero attached hydrogens (tertiary/aromatic N) is 2. The van der Waals surface area contributed by atoms with E-state index in [1.807, 2.05) is 24.6 Å². The van der Waals surface area contributed by atoms with Gasteiger partial charge in [0.2, 0.25) is 0 Å². The Hall–Kier alpha value is -1.69. The normalized spacial score (nSPS) is 10.6. The Morgan fingerprint density at radius 2 is 1.96 bits per heavy atom. The van der Waals surface area contributed by atoms with Crippen molar-refractivity contribution in [2.45, 2.75) is 59.5 Å². The molecule has 1 heterocycles. The van der Waals surface area contributed by atoms with Gasteiger partial charge in [0.25, 0.3) is 5.56 Å². The number of aromatic nitrogens is 2. The Bertz CT molecular complexity index is 673. The minimum atomic E-state index is -0.337. The van der Waals surface area contributed by atoms with E-state index in [2.05, 4.69) is 6.58 Å². The van der Waals surface area contributed by atoms with Crippen LogP contribution in [0.5, 0.6) is 0 Å². The lowest BCUT2D eigenvalue weighted by Gasteiger charge is -2.12. The van der Waals surface area contributed by atoms with Crippen molar-refractivity contribution in [1.29, 1.82) is 0 Å². The average Bonchev–Trinajstić information content (AvgIpc) is 2.52. The molecular formula is C17H26N2O3S. The highest BCUT2D eigenvalue weighted by atomic mass is 32.1. The van der Waals surface area contributed by atoms with Crippen LogP contribution < -0.4 is 5.56 Å². The van der Waals surface area contributed by atoms with Crippen LogP contribution in [-0.4, -0.2) is 21.7 Å². The van der Waals surface area contributed by atoms with Crippen LogP contribution in [0.4, 0.5) is 0 Å². The minimum Gasteiger partial charge on any atom is -0.462 e. The van der Waals surface area contributed by atoms with Crippen molar-refractivity contribution in [3.05, 3.63) is 39.0 Å². The molecule has 0 radical (unpaired) electrons. The fraction of sp³-hybridized carbons (Fsp3) is 0.588. The van der Waals surface area contributed by atoms with Crippen LogP contribution in [0.25, 0.3) is 0 Å². The maximum Gasteiger partial charge on any atom is 0.333 e. The van der Waals surface area contributed by atoms with Gasteiger partial charge in [0.05, 0.1) is 6.61 Å². The summed E-state index contributed by atoms with van der Waals surface area (Å²) in [5.74, 6) is -0.337. The molecular weight excluding hydrogens is 312 g/mol. The minimum absolute atomic E-state index is 0.00455. The van der Waals surface area contributed by atoms with E-state index >= 15 is 0 Å². The van der Waals surface area contributed by atoms with E-state index in [-0.39, 0.29) is 11.5 Å². The summed E-state index contributed by atoms with van der Waals surface area (Å²) in [7, 11) is 0. The molecule has 128 valence electrons. The largest absolute Gasteiger partial charge is 0.462 e. The molecule has 0 N–H and O–H groups in total. The molecule has 0 aromatic carbocycles. The third-order valence-electron chi connectivity index (χ3n) is 3.61. The van der Waals surface area contributed by atoms with Crippen LogP contribution in [0.15, 0.2) is 23.1 Å². The van der Waals surface area contributed by atoms with E-state index in [0.717, 1.165) is 32.2 Å². The molecule has 0 unspecified atom stereocenters. The number of carbonyl (C=O) groups is 1. The van der Waals surface area contributed by atoms with Crippen molar-refractivity contribution in [3.63, 3.8) is 0 Å². The monoisotopic (exact) mass is 338 g/mol. The number of carbonyl (C=O) groups excluding carboxylic acids is 1. The topological polar surface area (TPSA) is 53.2 Å².